The van der Waals surface area contributed by atoms with Crippen LogP contribution in [0.2, 0.25) is 0 Å². The van der Waals surface area contributed by atoms with Gasteiger partial charge in [0.1, 0.15) is 12.5 Å². The highest BCUT2D eigenvalue weighted by Gasteiger charge is 2.15. The standard InChI is InChI=1S/C13H20N2O/c14-8-4-1-5-9-15-10-12-6-2-3-7-13(12)16-11-15/h2-3,6-7H,1,4-5,8-11,14H2. The van der Waals surface area contributed by atoms with Crippen LogP contribution in [-0.2, 0) is 6.54 Å². The molecule has 3 nitrogen and oxygen atoms in total. The highest BCUT2D eigenvalue weighted by Crippen LogP contribution is 2.24. The molecular weight excluding hydrogens is 200 g/mol. The van der Waals surface area contributed by atoms with Crippen molar-refractivity contribution >= 4 is 0 Å². The van der Waals surface area contributed by atoms with E-state index in [1.54, 1.807) is 0 Å². The first kappa shape index (κ1) is 11.4. The average molecular weight is 220 g/mol. The van der Waals surface area contributed by atoms with Gasteiger partial charge in [0.05, 0.1) is 0 Å². The molecular formula is C13H20N2O. The van der Waals surface area contributed by atoms with Crippen LogP contribution >= 0.6 is 0 Å². The smallest absolute Gasteiger partial charge is 0.142 e. The van der Waals surface area contributed by atoms with Gasteiger partial charge in [-0.05, 0) is 25.5 Å². The number of hydrogen-bond acceptors (Lipinski definition) is 3. The predicted molar refractivity (Wildman–Crippen MR) is 65.3 cm³/mol. The van der Waals surface area contributed by atoms with Crippen LogP contribution in [0.1, 0.15) is 24.8 Å². The number of benzene rings is 1. The van der Waals surface area contributed by atoms with E-state index < -0.39 is 0 Å². The molecule has 1 aliphatic rings. The fraction of sp³-hybridized carbons (Fsp3) is 0.538. The minimum absolute atomic E-state index is 0.722. The van der Waals surface area contributed by atoms with Crippen molar-refractivity contribution < 1.29 is 4.74 Å². The first-order valence-corrected chi connectivity index (χ1v) is 6.03. The highest BCUT2D eigenvalue weighted by molar-refractivity contribution is 5.34. The first-order chi connectivity index (χ1) is 7.90. The molecule has 0 saturated heterocycles. The lowest BCUT2D eigenvalue weighted by molar-refractivity contribution is 0.0936. The van der Waals surface area contributed by atoms with Crippen molar-refractivity contribution in [3.63, 3.8) is 0 Å². The predicted octanol–water partition coefficient (Wildman–Crippen LogP) is 1.97. The number of ether oxygens (including phenoxy) is 1. The van der Waals surface area contributed by atoms with E-state index in [1.807, 2.05) is 12.1 Å². The molecule has 3 heteroatoms. The summed E-state index contributed by atoms with van der Waals surface area (Å²) in [7, 11) is 0. The van der Waals surface area contributed by atoms with E-state index >= 15 is 0 Å². The number of fused-ring (bicyclic) bond motifs is 1. The molecule has 16 heavy (non-hydrogen) atoms. The minimum Gasteiger partial charge on any atom is -0.478 e. The van der Waals surface area contributed by atoms with Crippen molar-refractivity contribution in [1.29, 1.82) is 0 Å². The van der Waals surface area contributed by atoms with E-state index in [2.05, 4.69) is 17.0 Å². The van der Waals surface area contributed by atoms with Crippen LogP contribution in [0, 0.1) is 0 Å². The van der Waals surface area contributed by atoms with Crippen molar-refractivity contribution in [1.82, 2.24) is 4.90 Å². The molecule has 1 aromatic rings. The van der Waals surface area contributed by atoms with Crippen molar-refractivity contribution in [3.05, 3.63) is 29.8 Å². The Morgan fingerprint density at radius 1 is 1.19 bits per heavy atom. The zero-order chi connectivity index (χ0) is 11.2. The largest absolute Gasteiger partial charge is 0.478 e. The summed E-state index contributed by atoms with van der Waals surface area (Å²) in [6.07, 6.45) is 3.56. The van der Waals surface area contributed by atoms with Crippen LogP contribution in [0.5, 0.6) is 5.75 Å². The third kappa shape index (κ3) is 2.97. The molecule has 0 bridgehead atoms. The van der Waals surface area contributed by atoms with Crippen LogP contribution in [0.25, 0.3) is 0 Å². The van der Waals surface area contributed by atoms with Gasteiger partial charge in [0, 0.05) is 18.7 Å². The fourth-order valence-corrected chi connectivity index (χ4v) is 2.02. The second kappa shape index (κ2) is 5.87. The molecule has 0 atom stereocenters. The van der Waals surface area contributed by atoms with E-state index in [0.717, 1.165) is 38.5 Å². The molecule has 0 amide bonds. The third-order valence-corrected chi connectivity index (χ3v) is 2.95. The molecule has 0 aromatic heterocycles. The maximum absolute atomic E-state index is 5.69. The monoisotopic (exact) mass is 220 g/mol. The van der Waals surface area contributed by atoms with Gasteiger partial charge >= 0.3 is 0 Å². The van der Waals surface area contributed by atoms with Crippen molar-refractivity contribution in [2.24, 2.45) is 5.73 Å². The molecule has 1 aromatic carbocycles. The molecule has 2 N–H and O–H groups in total. The Balaban J connectivity index is 1.79. The van der Waals surface area contributed by atoms with Crippen LogP contribution < -0.4 is 10.5 Å². The summed E-state index contributed by atoms with van der Waals surface area (Å²) < 4.78 is 5.69. The lowest BCUT2D eigenvalue weighted by Gasteiger charge is -2.28. The SMILES string of the molecule is NCCCCCN1COc2ccccc2C1. The van der Waals surface area contributed by atoms with Gasteiger partial charge in [-0.3, -0.25) is 4.90 Å². The van der Waals surface area contributed by atoms with Gasteiger partial charge in [-0.1, -0.05) is 24.6 Å². The van der Waals surface area contributed by atoms with Gasteiger partial charge in [0.15, 0.2) is 0 Å². The zero-order valence-electron chi connectivity index (χ0n) is 9.69. The molecule has 1 heterocycles. The summed E-state index contributed by atoms with van der Waals surface area (Å²) in [6.45, 7) is 3.64. The van der Waals surface area contributed by atoms with E-state index in [1.165, 1.54) is 18.4 Å². The van der Waals surface area contributed by atoms with E-state index in [-0.39, 0.29) is 0 Å². The van der Waals surface area contributed by atoms with Crippen LogP contribution in [0.4, 0.5) is 0 Å². The average Bonchev–Trinajstić information content (AvgIpc) is 2.34. The second-order valence-electron chi connectivity index (χ2n) is 4.28. The summed E-state index contributed by atoms with van der Waals surface area (Å²) in [5.74, 6) is 1.04. The molecule has 0 aliphatic carbocycles. The molecule has 0 unspecified atom stereocenters. The van der Waals surface area contributed by atoms with Crippen LogP contribution in [0.3, 0.4) is 0 Å². The summed E-state index contributed by atoms with van der Waals surface area (Å²) in [6, 6.07) is 8.28. The number of para-hydroxylation sites is 1. The van der Waals surface area contributed by atoms with E-state index in [0.29, 0.717) is 0 Å². The Morgan fingerprint density at radius 2 is 2.06 bits per heavy atom. The maximum Gasteiger partial charge on any atom is 0.142 e. The van der Waals surface area contributed by atoms with Crippen molar-refractivity contribution in [2.75, 3.05) is 19.8 Å². The topological polar surface area (TPSA) is 38.5 Å². The van der Waals surface area contributed by atoms with Crippen molar-refractivity contribution in [3.8, 4) is 5.75 Å². The Kier molecular flexibility index (Phi) is 4.19. The van der Waals surface area contributed by atoms with Gasteiger partial charge in [0.2, 0.25) is 0 Å². The number of rotatable bonds is 5. The lowest BCUT2D eigenvalue weighted by atomic mass is 10.1. The quantitative estimate of drug-likeness (QED) is 0.771. The third-order valence-electron chi connectivity index (χ3n) is 2.95. The first-order valence-electron chi connectivity index (χ1n) is 6.03. The Bertz CT molecular complexity index is 327. The lowest BCUT2D eigenvalue weighted by Crippen LogP contribution is -2.32. The summed E-state index contributed by atoms with van der Waals surface area (Å²) in [5, 5.41) is 0. The Labute approximate surface area is 97.2 Å². The molecule has 0 spiro atoms. The van der Waals surface area contributed by atoms with Gasteiger partial charge in [-0.2, -0.15) is 0 Å². The maximum atomic E-state index is 5.69. The van der Waals surface area contributed by atoms with E-state index in [4.69, 9.17) is 10.5 Å². The molecule has 0 radical (unpaired) electrons. The Hall–Kier alpha value is -1.06. The Morgan fingerprint density at radius 3 is 2.94 bits per heavy atom. The van der Waals surface area contributed by atoms with Crippen LogP contribution in [0.15, 0.2) is 24.3 Å². The number of nitrogens with zero attached hydrogens (tertiary/aromatic N) is 1. The molecule has 1 aliphatic heterocycles. The zero-order valence-corrected chi connectivity index (χ0v) is 9.69. The molecule has 0 saturated carbocycles. The normalized spacial score (nSPS) is 15.6. The molecule has 0 fully saturated rings. The minimum atomic E-state index is 0.722. The molecule has 2 rings (SSSR count). The second-order valence-corrected chi connectivity index (χ2v) is 4.28. The molecule has 88 valence electrons. The summed E-state index contributed by atoms with van der Waals surface area (Å²) in [5.41, 5.74) is 6.77. The fourth-order valence-electron chi connectivity index (χ4n) is 2.02. The highest BCUT2D eigenvalue weighted by atomic mass is 16.5. The van der Waals surface area contributed by atoms with Gasteiger partial charge in [-0.15, -0.1) is 0 Å². The number of nitrogens with two attached hydrogens (primary N) is 1. The van der Waals surface area contributed by atoms with Gasteiger partial charge < -0.3 is 10.5 Å². The number of hydrogen-bond donors (Lipinski definition) is 1. The van der Waals surface area contributed by atoms with Gasteiger partial charge in [0.25, 0.3) is 0 Å². The van der Waals surface area contributed by atoms with Crippen molar-refractivity contribution in [2.45, 2.75) is 25.8 Å². The number of unbranched alkanes of at least 4 members (excludes halogenated alkanes) is 2. The summed E-state index contributed by atoms with van der Waals surface area (Å²) >= 11 is 0. The van der Waals surface area contributed by atoms with Crippen LogP contribution in [-0.4, -0.2) is 24.7 Å². The van der Waals surface area contributed by atoms with Gasteiger partial charge in [-0.25, -0.2) is 0 Å². The van der Waals surface area contributed by atoms with E-state index in [9.17, 15) is 0 Å². The summed E-state index contributed by atoms with van der Waals surface area (Å²) in [4.78, 5) is 2.35.